The van der Waals surface area contributed by atoms with Crippen LogP contribution in [0.5, 0.6) is 0 Å². The second-order valence-electron chi connectivity index (χ2n) is 5.71. The molecule has 0 radical (unpaired) electrons. The van der Waals surface area contributed by atoms with Gasteiger partial charge in [-0.1, -0.05) is 29.8 Å². The van der Waals surface area contributed by atoms with Gasteiger partial charge in [0.05, 0.1) is 11.4 Å². The van der Waals surface area contributed by atoms with E-state index in [4.69, 9.17) is 10.1 Å². The van der Waals surface area contributed by atoms with Crippen LogP contribution < -0.4 is 0 Å². The molecule has 2 heterocycles. The van der Waals surface area contributed by atoms with Crippen LogP contribution in [0, 0.1) is 13.8 Å². The Kier molecular flexibility index (Phi) is 3.98. The van der Waals surface area contributed by atoms with E-state index in [-0.39, 0.29) is 0 Å². The number of carboxylic acids is 1. The largest absolute Gasteiger partial charge is 0.478 e. The van der Waals surface area contributed by atoms with Crippen molar-refractivity contribution in [1.82, 2.24) is 9.38 Å². The maximum Gasteiger partial charge on any atom is 0.328 e. The quantitative estimate of drug-likeness (QED) is 0.749. The zero-order chi connectivity index (χ0) is 16.4. The lowest BCUT2D eigenvalue weighted by Gasteiger charge is -2.02. The van der Waals surface area contributed by atoms with Crippen LogP contribution in [0.2, 0.25) is 0 Å². The molecule has 1 aromatic carbocycles. The lowest BCUT2D eigenvalue weighted by atomic mass is 10.1. The minimum atomic E-state index is -0.964. The topological polar surface area (TPSA) is 54.6 Å². The molecule has 4 heteroatoms. The summed E-state index contributed by atoms with van der Waals surface area (Å²) in [6.07, 6.45) is 5.37. The Morgan fingerprint density at radius 3 is 2.74 bits per heavy atom. The Morgan fingerprint density at radius 1 is 1.22 bits per heavy atom. The maximum absolute atomic E-state index is 10.9. The number of nitrogens with zero attached hydrogens (tertiary/aromatic N) is 2. The smallest absolute Gasteiger partial charge is 0.328 e. The van der Waals surface area contributed by atoms with E-state index in [1.54, 1.807) is 6.08 Å². The molecule has 4 nitrogen and oxygen atoms in total. The molecule has 3 aromatic rings. The van der Waals surface area contributed by atoms with Crippen LogP contribution in [0.4, 0.5) is 0 Å². The van der Waals surface area contributed by atoms with Gasteiger partial charge in [-0.25, -0.2) is 9.78 Å². The highest BCUT2D eigenvalue weighted by Crippen LogP contribution is 2.19. The van der Waals surface area contributed by atoms with Gasteiger partial charge in [-0.05, 0) is 43.2 Å². The molecular weight excluding hydrogens is 288 g/mol. The van der Waals surface area contributed by atoms with Crippen molar-refractivity contribution in [2.45, 2.75) is 20.3 Å². The zero-order valence-electron chi connectivity index (χ0n) is 13.2. The minimum absolute atomic E-state index is 0.668. The number of aryl methyl sites for hydroxylation is 2. The van der Waals surface area contributed by atoms with Crippen LogP contribution in [-0.4, -0.2) is 20.5 Å². The summed E-state index contributed by atoms with van der Waals surface area (Å²) in [6.45, 7) is 4.07. The van der Waals surface area contributed by atoms with Gasteiger partial charge >= 0.3 is 5.97 Å². The van der Waals surface area contributed by atoms with Crippen molar-refractivity contribution in [3.05, 3.63) is 76.7 Å². The number of hydrogen-bond acceptors (Lipinski definition) is 2. The van der Waals surface area contributed by atoms with Crippen LogP contribution in [0.3, 0.4) is 0 Å². The summed E-state index contributed by atoms with van der Waals surface area (Å²) in [5, 5.41) is 8.93. The Bertz CT molecular complexity index is 907. The first-order valence-corrected chi connectivity index (χ1v) is 7.47. The fraction of sp³-hybridized carbons (Fsp3) is 0.158. The third-order valence-corrected chi connectivity index (χ3v) is 3.73. The molecule has 0 aliphatic rings. The summed E-state index contributed by atoms with van der Waals surface area (Å²) in [6, 6.07) is 12.3. The van der Waals surface area contributed by atoms with Crippen LogP contribution >= 0.6 is 0 Å². The molecule has 0 spiro atoms. The molecule has 2 aromatic heterocycles. The summed E-state index contributed by atoms with van der Waals surface area (Å²) >= 11 is 0. The summed E-state index contributed by atoms with van der Waals surface area (Å²) in [5.74, 6) is -0.964. The molecule has 0 aliphatic carbocycles. The van der Waals surface area contributed by atoms with E-state index in [9.17, 15) is 4.79 Å². The molecule has 0 saturated carbocycles. The number of hydrogen-bond donors (Lipinski definition) is 1. The van der Waals surface area contributed by atoms with E-state index in [2.05, 4.69) is 25.1 Å². The zero-order valence-corrected chi connectivity index (χ0v) is 13.2. The van der Waals surface area contributed by atoms with Gasteiger partial charge in [0, 0.05) is 18.7 Å². The van der Waals surface area contributed by atoms with Crippen molar-refractivity contribution in [2.24, 2.45) is 0 Å². The monoisotopic (exact) mass is 306 g/mol. The maximum atomic E-state index is 10.9. The molecule has 0 aliphatic heterocycles. The molecule has 0 atom stereocenters. The molecule has 23 heavy (non-hydrogen) atoms. The highest BCUT2D eigenvalue weighted by molar-refractivity contribution is 5.85. The molecule has 3 rings (SSSR count). The van der Waals surface area contributed by atoms with E-state index in [0.29, 0.717) is 6.42 Å². The van der Waals surface area contributed by atoms with Crippen LogP contribution in [-0.2, 0) is 11.2 Å². The Labute approximate surface area is 134 Å². The first-order valence-electron chi connectivity index (χ1n) is 7.47. The fourth-order valence-electron chi connectivity index (χ4n) is 2.69. The summed E-state index contributed by atoms with van der Waals surface area (Å²) in [5.41, 5.74) is 6.00. The number of carboxylic acid groups (broad SMARTS) is 1. The van der Waals surface area contributed by atoms with Gasteiger partial charge in [0.25, 0.3) is 0 Å². The number of pyridine rings is 1. The number of imidazole rings is 1. The molecule has 0 unspecified atom stereocenters. The fourth-order valence-corrected chi connectivity index (χ4v) is 2.69. The third-order valence-electron chi connectivity index (χ3n) is 3.73. The number of carbonyl (C=O) groups is 1. The highest BCUT2D eigenvalue weighted by atomic mass is 16.4. The first-order chi connectivity index (χ1) is 11.0. The second-order valence-corrected chi connectivity index (χ2v) is 5.71. The number of aliphatic carboxylic acids is 1. The van der Waals surface area contributed by atoms with Crippen LogP contribution in [0.25, 0.3) is 11.7 Å². The normalized spacial score (nSPS) is 11.4. The first kappa shape index (κ1) is 15.0. The van der Waals surface area contributed by atoms with Gasteiger partial charge in [0.1, 0.15) is 5.65 Å². The Balaban J connectivity index is 2.10. The molecule has 1 N–H and O–H groups in total. The number of benzene rings is 1. The molecule has 116 valence electrons. The molecular formula is C19H18N2O2. The lowest BCUT2D eigenvalue weighted by molar-refractivity contribution is -0.131. The van der Waals surface area contributed by atoms with Crippen molar-refractivity contribution in [3.8, 4) is 0 Å². The average molecular weight is 306 g/mol. The van der Waals surface area contributed by atoms with Crippen molar-refractivity contribution >= 4 is 17.7 Å². The van der Waals surface area contributed by atoms with Gasteiger partial charge < -0.3 is 5.11 Å². The van der Waals surface area contributed by atoms with Gasteiger partial charge in [-0.15, -0.1) is 0 Å². The summed E-state index contributed by atoms with van der Waals surface area (Å²) in [4.78, 5) is 15.6. The van der Waals surface area contributed by atoms with Crippen LogP contribution in [0.15, 0.2) is 48.7 Å². The Hall–Kier alpha value is -2.88. The van der Waals surface area contributed by atoms with Gasteiger partial charge in [-0.2, -0.15) is 0 Å². The Morgan fingerprint density at radius 2 is 2.00 bits per heavy atom. The van der Waals surface area contributed by atoms with Crippen molar-refractivity contribution in [1.29, 1.82) is 0 Å². The third kappa shape index (κ3) is 3.31. The molecule has 0 amide bonds. The predicted octanol–water partition coefficient (Wildman–Crippen LogP) is 3.64. The number of fused-ring (bicyclic) bond motifs is 1. The molecule has 0 fully saturated rings. The minimum Gasteiger partial charge on any atom is -0.478 e. The van der Waals surface area contributed by atoms with Crippen LogP contribution in [0.1, 0.15) is 28.1 Å². The molecule has 0 saturated heterocycles. The van der Waals surface area contributed by atoms with E-state index in [1.807, 2.05) is 35.7 Å². The average Bonchev–Trinajstić information content (AvgIpc) is 2.81. The van der Waals surface area contributed by atoms with Crippen molar-refractivity contribution < 1.29 is 9.90 Å². The van der Waals surface area contributed by atoms with E-state index in [1.165, 1.54) is 5.56 Å². The van der Waals surface area contributed by atoms with E-state index in [0.717, 1.165) is 34.2 Å². The number of aromatic nitrogens is 2. The van der Waals surface area contributed by atoms with Crippen molar-refractivity contribution in [3.63, 3.8) is 0 Å². The van der Waals surface area contributed by atoms with Crippen molar-refractivity contribution in [2.75, 3.05) is 0 Å². The standard InChI is InChI=1S/C19H18N2O2/c1-13-4-3-5-15(10-13)12-16-17(6-7-19(22)23)21-9-8-14(2)11-18(21)20-16/h3-11H,12H2,1-2H3,(H,22,23)/b7-6+. The van der Waals surface area contributed by atoms with Gasteiger partial charge in [0.15, 0.2) is 0 Å². The van der Waals surface area contributed by atoms with E-state index < -0.39 is 5.97 Å². The summed E-state index contributed by atoms with van der Waals surface area (Å²) in [7, 11) is 0. The lowest BCUT2D eigenvalue weighted by Crippen LogP contribution is -1.95. The van der Waals surface area contributed by atoms with E-state index >= 15 is 0 Å². The SMILES string of the molecule is Cc1cccc(Cc2nc3cc(C)ccn3c2/C=C/C(=O)O)c1. The predicted molar refractivity (Wildman–Crippen MR) is 90.6 cm³/mol. The van der Waals surface area contributed by atoms with Gasteiger partial charge in [-0.3, -0.25) is 4.40 Å². The highest BCUT2D eigenvalue weighted by Gasteiger charge is 2.11. The molecule has 0 bridgehead atoms. The van der Waals surface area contributed by atoms with Gasteiger partial charge in [0.2, 0.25) is 0 Å². The second kappa shape index (κ2) is 6.08. The summed E-state index contributed by atoms with van der Waals surface area (Å²) < 4.78 is 1.93. The number of rotatable bonds is 4.